The Bertz CT molecular complexity index is 378. The highest BCUT2D eigenvalue weighted by Gasteiger charge is 2.34. The van der Waals surface area contributed by atoms with Crippen molar-refractivity contribution >= 4 is 0 Å². The van der Waals surface area contributed by atoms with Gasteiger partial charge in [0.05, 0.1) is 0 Å². The average molecular weight is 247 g/mol. The maximum absolute atomic E-state index is 12.5. The summed E-state index contributed by atoms with van der Waals surface area (Å²) in [6, 6.07) is 1.11. The van der Waals surface area contributed by atoms with Gasteiger partial charge in [0.1, 0.15) is 0 Å². The summed E-state index contributed by atoms with van der Waals surface area (Å²) in [6.45, 7) is 4.09. The van der Waals surface area contributed by atoms with Gasteiger partial charge in [0.15, 0.2) is 5.69 Å². The molecule has 1 saturated heterocycles. The van der Waals surface area contributed by atoms with Crippen LogP contribution in [0.5, 0.6) is 0 Å². The molecule has 0 radical (unpaired) electrons. The number of halogens is 3. The summed E-state index contributed by atoms with van der Waals surface area (Å²) in [5.74, 6) is 0.378. The van der Waals surface area contributed by atoms with E-state index in [1.807, 2.05) is 0 Å². The number of piperidine rings is 1. The first-order valence-corrected chi connectivity index (χ1v) is 5.79. The lowest BCUT2D eigenvalue weighted by Crippen LogP contribution is -2.32. The normalized spacial score (nSPS) is 21.8. The van der Waals surface area contributed by atoms with Gasteiger partial charge in [0, 0.05) is 12.2 Å². The molecule has 1 aromatic heterocycles. The van der Waals surface area contributed by atoms with Gasteiger partial charge < -0.3 is 5.32 Å². The smallest absolute Gasteiger partial charge is 0.316 e. The van der Waals surface area contributed by atoms with E-state index >= 15 is 0 Å². The summed E-state index contributed by atoms with van der Waals surface area (Å²) >= 11 is 0. The van der Waals surface area contributed by atoms with Crippen LogP contribution in [0.2, 0.25) is 0 Å². The molecule has 1 aliphatic rings. The van der Waals surface area contributed by atoms with E-state index in [4.69, 9.17) is 0 Å². The van der Waals surface area contributed by atoms with Gasteiger partial charge in [-0.1, -0.05) is 0 Å². The van der Waals surface area contributed by atoms with Crippen LogP contribution in [0.4, 0.5) is 13.2 Å². The standard InChI is InChI=1S/C11H16F3N3/c1-8-5-10(11(12,13)14)16-17(8)7-9-3-2-4-15-6-9/h5,9,15H,2-4,6-7H2,1H3/t9-/m1/s1. The maximum atomic E-state index is 12.5. The van der Waals surface area contributed by atoms with Gasteiger partial charge >= 0.3 is 6.18 Å². The number of aryl methyl sites for hydroxylation is 1. The lowest BCUT2D eigenvalue weighted by Gasteiger charge is -2.23. The minimum Gasteiger partial charge on any atom is -0.316 e. The molecule has 0 aromatic carbocycles. The van der Waals surface area contributed by atoms with Crippen LogP contribution in [-0.2, 0) is 12.7 Å². The maximum Gasteiger partial charge on any atom is 0.435 e. The first kappa shape index (κ1) is 12.4. The average Bonchev–Trinajstić information content (AvgIpc) is 2.62. The van der Waals surface area contributed by atoms with E-state index in [-0.39, 0.29) is 0 Å². The van der Waals surface area contributed by atoms with Crippen LogP contribution in [-0.4, -0.2) is 22.9 Å². The number of aromatic nitrogens is 2. The second-order valence-electron chi connectivity index (χ2n) is 4.56. The number of nitrogens with zero attached hydrogens (tertiary/aromatic N) is 2. The van der Waals surface area contributed by atoms with Crippen LogP contribution < -0.4 is 5.32 Å². The Hall–Kier alpha value is -1.04. The van der Waals surface area contributed by atoms with Crippen molar-refractivity contribution in [2.75, 3.05) is 13.1 Å². The third-order valence-electron chi connectivity index (χ3n) is 3.10. The number of nitrogens with one attached hydrogen (secondary N) is 1. The molecule has 1 aliphatic heterocycles. The van der Waals surface area contributed by atoms with Gasteiger partial charge in [0.25, 0.3) is 0 Å². The molecule has 17 heavy (non-hydrogen) atoms. The highest BCUT2D eigenvalue weighted by Crippen LogP contribution is 2.28. The molecule has 0 bridgehead atoms. The first-order chi connectivity index (χ1) is 7.97. The topological polar surface area (TPSA) is 29.9 Å². The van der Waals surface area contributed by atoms with Crippen molar-refractivity contribution in [3.63, 3.8) is 0 Å². The Balaban J connectivity index is 2.07. The Morgan fingerprint density at radius 3 is 2.82 bits per heavy atom. The van der Waals surface area contributed by atoms with E-state index in [9.17, 15) is 13.2 Å². The van der Waals surface area contributed by atoms with E-state index in [2.05, 4.69) is 10.4 Å². The summed E-state index contributed by atoms with van der Waals surface area (Å²) < 4.78 is 38.9. The fourth-order valence-electron chi connectivity index (χ4n) is 2.16. The molecule has 1 aromatic rings. The Kier molecular flexibility index (Phi) is 3.42. The van der Waals surface area contributed by atoms with E-state index in [0.29, 0.717) is 18.2 Å². The monoisotopic (exact) mass is 247 g/mol. The summed E-state index contributed by atoms with van der Waals surface area (Å²) in [4.78, 5) is 0. The molecule has 0 unspecified atom stereocenters. The van der Waals surface area contributed by atoms with Crippen LogP contribution in [0.3, 0.4) is 0 Å². The molecule has 0 saturated carbocycles. The van der Waals surface area contributed by atoms with Gasteiger partial charge in [-0.15, -0.1) is 0 Å². The zero-order valence-electron chi connectivity index (χ0n) is 9.72. The third-order valence-corrected chi connectivity index (χ3v) is 3.10. The summed E-state index contributed by atoms with van der Waals surface area (Å²) in [6.07, 6.45) is -2.22. The first-order valence-electron chi connectivity index (χ1n) is 5.79. The number of alkyl halides is 3. The Morgan fingerprint density at radius 2 is 2.29 bits per heavy atom. The van der Waals surface area contributed by atoms with Crippen LogP contribution in [0.1, 0.15) is 24.2 Å². The van der Waals surface area contributed by atoms with Gasteiger partial charge in [0.2, 0.25) is 0 Å². The van der Waals surface area contributed by atoms with Crippen LogP contribution in [0.25, 0.3) is 0 Å². The minimum absolute atomic E-state index is 0.378. The molecule has 3 nitrogen and oxygen atoms in total. The highest BCUT2D eigenvalue weighted by molar-refractivity contribution is 5.11. The molecular weight excluding hydrogens is 231 g/mol. The molecule has 0 spiro atoms. The summed E-state index contributed by atoms with van der Waals surface area (Å²) in [7, 11) is 0. The van der Waals surface area contributed by atoms with Gasteiger partial charge in [-0.25, -0.2) is 0 Å². The van der Waals surface area contributed by atoms with Crippen LogP contribution in [0.15, 0.2) is 6.07 Å². The molecule has 2 rings (SSSR count). The van der Waals surface area contributed by atoms with Crippen molar-refractivity contribution in [1.29, 1.82) is 0 Å². The lowest BCUT2D eigenvalue weighted by atomic mass is 10.00. The van der Waals surface area contributed by atoms with E-state index in [1.54, 1.807) is 6.92 Å². The summed E-state index contributed by atoms with van der Waals surface area (Å²) in [5.41, 5.74) is -0.221. The van der Waals surface area contributed by atoms with Gasteiger partial charge in [-0.05, 0) is 44.8 Å². The highest BCUT2D eigenvalue weighted by atomic mass is 19.4. The van der Waals surface area contributed by atoms with Crippen molar-refractivity contribution in [3.8, 4) is 0 Å². The van der Waals surface area contributed by atoms with E-state index < -0.39 is 11.9 Å². The molecule has 1 atom stereocenters. The fourth-order valence-corrected chi connectivity index (χ4v) is 2.16. The zero-order valence-corrected chi connectivity index (χ0v) is 9.72. The molecular formula is C11H16F3N3. The third kappa shape index (κ3) is 3.00. The summed E-state index contributed by atoms with van der Waals surface area (Å²) in [5, 5.41) is 6.89. The molecule has 2 heterocycles. The number of hydrogen-bond donors (Lipinski definition) is 1. The van der Waals surface area contributed by atoms with Crippen molar-refractivity contribution in [3.05, 3.63) is 17.5 Å². The molecule has 1 fully saturated rings. The lowest BCUT2D eigenvalue weighted by molar-refractivity contribution is -0.141. The molecule has 1 N–H and O–H groups in total. The van der Waals surface area contributed by atoms with Crippen molar-refractivity contribution in [2.24, 2.45) is 5.92 Å². The predicted molar refractivity (Wildman–Crippen MR) is 57.6 cm³/mol. The quantitative estimate of drug-likeness (QED) is 0.868. The predicted octanol–water partition coefficient (Wildman–Crippen LogP) is 2.21. The van der Waals surface area contributed by atoms with Crippen molar-refractivity contribution in [1.82, 2.24) is 15.1 Å². The second-order valence-corrected chi connectivity index (χ2v) is 4.56. The number of hydrogen-bond acceptors (Lipinski definition) is 2. The van der Waals surface area contributed by atoms with E-state index in [1.165, 1.54) is 4.68 Å². The largest absolute Gasteiger partial charge is 0.435 e. The van der Waals surface area contributed by atoms with Gasteiger partial charge in [-0.2, -0.15) is 18.3 Å². The SMILES string of the molecule is Cc1cc(C(F)(F)F)nn1C[C@@H]1CCCNC1. The van der Waals surface area contributed by atoms with Crippen LogP contribution >= 0.6 is 0 Å². The van der Waals surface area contributed by atoms with Crippen LogP contribution in [0, 0.1) is 12.8 Å². The molecule has 96 valence electrons. The Morgan fingerprint density at radius 1 is 1.53 bits per heavy atom. The Labute approximate surface area is 98.0 Å². The zero-order chi connectivity index (χ0) is 12.5. The van der Waals surface area contributed by atoms with Crippen molar-refractivity contribution < 1.29 is 13.2 Å². The van der Waals surface area contributed by atoms with E-state index in [0.717, 1.165) is 32.0 Å². The molecule has 6 heteroatoms. The fraction of sp³-hybridized carbons (Fsp3) is 0.727. The molecule has 0 amide bonds. The second kappa shape index (κ2) is 4.68. The van der Waals surface area contributed by atoms with Gasteiger partial charge in [-0.3, -0.25) is 4.68 Å². The minimum atomic E-state index is -4.35. The number of rotatable bonds is 2. The molecule has 0 aliphatic carbocycles. The van der Waals surface area contributed by atoms with Crippen molar-refractivity contribution in [2.45, 2.75) is 32.5 Å².